The molecule has 152 valence electrons. The van der Waals surface area contributed by atoms with Crippen LogP contribution in [-0.2, 0) is 9.53 Å². The normalized spacial score (nSPS) is 11.7. The molecule has 0 bridgehead atoms. The van der Waals surface area contributed by atoms with Crippen molar-refractivity contribution in [1.82, 2.24) is 5.43 Å². The molecule has 1 unspecified atom stereocenters. The largest absolute Gasteiger partial charge is 0.481 e. The van der Waals surface area contributed by atoms with Gasteiger partial charge in [0.15, 0.2) is 6.10 Å². The Morgan fingerprint density at radius 2 is 1.53 bits per heavy atom. The Kier molecular flexibility index (Phi) is 6.95. The number of hydrogen-bond acceptors (Lipinski definition) is 5. The molecule has 30 heavy (non-hydrogen) atoms. The minimum Gasteiger partial charge on any atom is -0.481 e. The van der Waals surface area contributed by atoms with Crippen LogP contribution in [-0.4, -0.2) is 31.3 Å². The lowest BCUT2D eigenvalue weighted by Crippen LogP contribution is -2.33. The lowest BCUT2D eigenvalue weighted by molar-refractivity contribution is -0.127. The van der Waals surface area contributed by atoms with Crippen molar-refractivity contribution < 1.29 is 19.1 Å². The number of hydrazone groups is 1. The molecule has 0 fully saturated rings. The van der Waals surface area contributed by atoms with Gasteiger partial charge in [0, 0.05) is 0 Å². The molecule has 1 N–H and O–H groups in total. The maximum atomic E-state index is 12.2. The van der Waals surface area contributed by atoms with Gasteiger partial charge in [0.25, 0.3) is 5.91 Å². The molecule has 0 saturated carbocycles. The van der Waals surface area contributed by atoms with Gasteiger partial charge in [-0.2, -0.15) is 5.10 Å². The van der Waals surface area contributed by atoms with Crippen LogP contribution in [0.4, 0.5) is 0 Å². The van der Waals surface area contributed by atoms with E-state index in [9.17, 15) is 9.59 Å². The molecule has 3 aromatic rings. The molecule has 1 atom stereocenters. The minimum atomic E-state index is -0.716. The molecule has 0 aliphatic heterocycles. The van der Waals surface area contributed by atoms with Crippen LogP contribution in [0.3, 0.4) is 0 Å². The Labute approximate surface area is 175 Å². The van der Waals surface area contributed by atoms with Crippen molar-refractivity contribution in [2.45, 2.75) is 13.0 Å². The molecule has 0 aliphatic rings. The van der Waals surface area contributed by atoms with E-state index in [0.717, 1.165) is 16.7 Å². The lowest BCUT2D eigenvalue weighted by Gasteiger charge is -2.13. The number of ether oxygens (including phenoxy) is 2. The summed E-state index contributed by atoms with van der Waals surface area (Å²) in [6, 6.07) is 24.2. The topological polar surface area (TPSA) is 77.0 Å². The quantitative estimate of drug-likeness (QED) is 0.367. The Morgan fingerprint density at radius 3 is 2.17 bits per heavy atom. The highest BCUT2D eigenvalue weighted by molar-refractivity contribution is 5.91. The molecule has 0 heterocycles. The lowest BCUT2D eigenvalue weighted by atomic mass is 10.1. The van der Waals surface area contributed by atoms with Gasteiger partial charge in [-0.3, -0.25) is 4.79 Å². The zero-order valence-corrected chi connectivity index (χ0v) is 16.7. The molecular weight excluding hydrogens is 380 g/mol. The summed E-state index contributed by atoms with van der Waals surface area (Å²) in [5.41, 5.74) is 5.81. The second kappa shape index (κ2) is 10.0. The number of carbonyl (C=O) groups is 2. The molecule has 0 saturated heterocycles. The van der Waals surface area contributed by atoms with Gasteiger partial charge in [-0.05, 0) is 47.9 Å². The van der Waals surface area contributed by atoms with E-state index >= 15 is 0 Å². The van der Waals surface area contributed by atoms with E-state index in [-0.39, 0.29) is 5.91 Å². The third-order valence-electron chi connectivity index (χ3n) is 4.36. The van der Waals surface area contributed by atoms with Crippen LogP contribution in [0, 0.1) is 0 Å². The predicted molar refractivity (Wildman–Crippen MR) is 115 cm³/mol. The zero-order chi connectivity index (χ0) is 21.3. The van der Waals surface area contributed by atoms with Crippen molar-refractivity contribution in [3.8, 4) is 16.9 Å². The molecule has 0 aliphatic carbocycles. The summed E-state index contributed by atoms with van der Waals surface area (Å²) in [4.78, 5) is 23.6. The number of benzene rings is 3. The number of methoxy groups -OCH3 is 1. The fourth-order valence-electron chi connectivity index (χ4n) is 2.70. The summed E-state index contributed by atoms with van der Waals surface area (Å²) in [7, 11) is 1.33. The van der Waals surface area contributed by atoms with E-state index < -0.39 is 12.1 Å². The number of nitrogens with zero attached hydrogens (tertiary/aromatic N) is 1. The Bertz CT molecular complexity index is 1010. The summed E-state index contributed by atoms with van der Waals surface area (Å²) in [6.45, 7) is 1.65. The van der Waals surface area contributed by atoms with Gasteiger partial charge in [0.2, 0.25) is 0 Å². The van der Waals surface area contributed by atoms with Crippen molar-refractivity contribution in [3.05, 3.63) is 90.0 Å². The first-order valence-corrected chi connectivity index (χ1v) is 9.40. The minimum absolute atomic E-state index is 0.371. The van der Waals surface area contributed by atoms with Gasteiger partial charge in [-0.1, -0.05) is 54.6 Å². The number of carbonyl (C=O) groups excluding carboxylic acids is 2. The monoisotopic (exact) mass is 402 g/mol. The molecular formula is C24H22N2O4. The number of hydrogen-bond donors (Lipinski definition) is 1. The fourth-order valence-corrected chi connectivity index (χ4v) is 2.70. The maximum Gasteiger partial charge on any atom is 0.337 e. The fraction of sp³-hybridized carbons (Fsp3) is 0.125. The smallest absolute Gasteiger partial charge is 0.337 e. The van der Waals surface area contributed by atoms with Crippen molar-refractivity contribution in [2.24, 2.45) is 5.10 Å². The van der Waals surface area contributed by atoms with Crippen molar-refractivity contribution >= 4 is 18.1 Å². The van der Waals surface area contributed by atoms with Gasteiger partial charge in [-0.15, -0.1) is 0 Å². The second-order valence-corrected chi connectivity index (χ2v) is 6.50. The van der Waals surface area contributed by atoms with Crippen LogP contribution in [0.15, 0.2) is 84.0 Å². The third-order valence-corrected chi connectivity index (χ3v) is 4.36. The van der Waals surface area contributed by atoms with E-state index in [4.69, 9.17) is 4.74 Å². The number of amides is 1. The zero-order valence-electron chi connectivity index (χ0n) is 16.7. The highest BCUT2D eigenvalue weighted by atomic mass is 16.5. The summed E-state index contributed by atoms with van der Waals surface area (Å²) < 4.78 is 10.3. The van der Waals surface area contributed by atoms with Gasteiger partial charge in [-0.25, -0.2) is 10.2 Å². The number of esters is 1. The first-order chi connectivity index (χ1) is 14.6. The predicted octanol–water partition coefficient (Wildman–Crippen LogP) is 4.06. The summed E-state index contributed by atoms with van der Waals surface area (Å²) in [5, 5.41) is 3.93. The van der Waals surface area contributed by atoms with Gasteiger partial charge in [0.05, 0.1) is 18.9 Å². The molecule has 3 aromatic carbocycles. The molecule has 6 nitrogen and oxygen atoms in total. The van der Waals surface area contributed by atoms with E-state index in [2.05, 4.69) is 15.3 Å². The standard InChI is InChI=1S/C24H22N2O4/c1-17(30-22-14-12-20(13-15-22)19-6-4-3-5-7-19)23(27)26-25-16-18-8-10-21(11-9-18)24(28)29-2/h3-17H,1-2H3,(H,26,27)/b25-16+. The van der Waals surface area contributed by atoms with Crippen molar-refractivity contribution in [2.75, 3.05) is 7.11 Å². The summed E-state index contributed by atoms with van der Waals surface area (Å²) in [5.74, 6) is -0.182. The third kappa shape index (κ3) is 5.54. The maximum absolute atomic E-state index is 12.2. The SMILES string of the molecule is COC(=O)c1ccc(/C=N/NC(=O)C(C)Oc2ccc(-c3ccccc3)cc2)cc1. The van der Waals surface area contributed by atoms with Crippen molar-refractivity contribution in [1.29, 1.82) is 0 Å². The average molecular weight is 402 g/mol. The van der Waals surface area contributed by atoms with E-state index in [1.807, 2.05) is 54.6 Å². The summed E-state index contributed by atoms with van der Waals surface area (Å²) >= 11 is 0. The second-order valence-electron chi connectivity index (χ2n) is 6.50. The Hall–Kier alpha value is -3.93. The molecule has 0 aromatic heterocycles. The highest BCUT2D eigenvalue weighted by Gasteiger charge is 2.14. The number of rotatable bonds is 7. The molecule has 6 heteroatoms. The van der Waals surface area contributed by atoms with Gasteiger partial charge >= 0.3 is 5.97 Å². The van der Waals surface area contributed by atoms with Crippen molar-refractivity contribution in [3.63, 3.8) is 0 Å². The molecule has 3 rings (SSSR count). The van der Waals surface area contributed by atoms with E-state index in [1.165, 1.54) is 13.3 Å². The molecule has 0 radical (unpaired) electrons. The Balaban J connectivity index is 1.52. The number of nitrogens with one attached hydrogen (secondary N) is 1. The molecule has 0 spiro atoms. The van der Waals surface area contributed by atoms with Crippen LogP contribution in [0.1, 0.15) is 22.8 Å². The van der Waals surface area contributed by atoms with Crippen LogP contribution in [0.5, 0.6) is 5.75 Å². The highest BCUT2D eigenvalue weighted by Crippen LogP contribution is 2.22. The summed E-state index contributed by atoms with van der Waals surface area (Å²) in [6.07, 6.45) is 0.770. The Morgan fingerprint density at radius 1 is 0.900 bits per heavy atom. The van der Waals surface area contributed by atoms with E-state index in [0.29, 0.717) is 11.3 Å². The molecule has 1 amide bonds. The average Bonchev–Trinajstić information content (AvgIpc) is 2.80. The van der Waals surface area contributed by atoms with Crippen LogP contribution >= 0.6 is 0 Å². The van der Waals surface area contributed by atoms with Gasteiger partial charge in [0.1, 0.15) is 5.75 Å². The van der Waals surface area contributed by atoms with E-state index in [1.54, 1.807) is 31.2 Å². The van der Waals surface area contributed by atoms with Crippen LogP contribution in [0.25, 0.3) is 11.1 Å². The first-order valence-electron chi connectivity index (χ1n) is 9.40. The van der Waals surface area contributed by atoms with Crippen LogP contribution < -0.4 is 10.2 Å². The van der Waals surface area contributed by atoms with Gasteiger partial charge < -0.3 is 9.47 Å². The first kappa shape index (κ1) is 20.8. The van der Waals surface area contributed by atoms with Crippen LogP contribution in [0.2, 0.25) is 0 Å².